The molecule has 1 heterocycles. The summed E-state index contributed by atoms with van der Waals surface area (Å²) >= 11 is 0. The van der Waals surface area contributed by atoms with Gasteiger partial charge in [0.25, 0.3) is 0 Å². The zero-order valence-electron chi connectivity index (χ0n) is 18.8. The van der Waals surface area contributed by atoms with Gasteiger partial charge in [0.05, 0.1) is 11.8 Å². The van der Waals surface area contributed by atoms with E-state index in [9.17, 15) is 13.2 Å². The largest absolute Gasteiger partial charge is 0.349 e. The van der Waals surface area contributed by atoms with Gasteiger partial charge in [-0.3, -0.25) is 4.79 Å². The highest BCUT2D eigenvalue weighted by Gasteiger charge is 2.31. The Hall–Kier alpha value is -1.40. The van der Waals surface area contributed by atoms with Crippen LogP contribution in [-0.2, 0) is 14.8 Å². The number of sulfonamides is 1. The van der Waals surface area contributed by atoms with E-state index < -0.39 is 10.0 Å². The molecule has 2 aliphatic rings. The highest BCUT2D eigenvalue weighted by Crippen LogP contribution is 2.33. The predicted octanol–water partition coefficient (Wildman–Crippen LogP) is 4.61. The molecular formula is C24H38N2O3S. The summed E-state index contributed by atoms with van der Waals surface area (Å²) in [6.45, 7) is 6.82. The maximum Gasteiger partial charge on any atom is 0.223 e. The van der Waals surface area contributed by atoms with E-state index >= 15 is 0 Å². The first kappa shape index (κ1) is 23.3. The molecule has 0 spiro atoms. The molecule has 3 rings (SSSR count). The molecule has 0 bridgehead atoms. The SMILES string of the molecule is CCS(=O)(=O)N1CCC(C(=O)NC(c2ccc(C3CCCCC3)cc2)C(C)C)CC1. The number of nitrogens with one attached hydrogen (secondary N) is 1. The first-order chi connectivity index (χ1) is 14.3. The molecule has 1 atom stereocenters. The molecule has 1 N–H and O–H groups in total. The van der Waals surface area contributed by atoms with Gasteiger partial charge in [0.15, 0.2) is 0 Å². The lowest BCUT2D eigenvalue weighted by atomic mass is 9.83. The third kappa shape index (κ3) is 5.64. The summed E-state index contributed by atoms with van der Waals surface area (Å²) in [7, 11) is -3.16. The minimum absolute atomic E-state index is 0.0182. The standard InChI is InChI=1S/C24H38N2O3S/c1-4-30(28,29)26-16-14-22(15-17-26)24(27)25-23(18(2)3)21-12-10-20(11-13-21)19-8-6-5-7-9-19/h10-13,18-19,22-23H,4-9,14-17H2,1-3H3,(H,25,27). The predicted molar refractivity (Wildman–Crippen MR) is 122 cm³/mol. The van der Waals surface area contributed by atoms with Crippen LogP contribution in [0.4, 0.5) is 0 Å². The highest BCUT2D eigenvalue weighted by molar-refractivity contribution is 7.89. The maximum atomic E-state index is 12.9. The van der Waals surface area contributed by atoms with Crippen LogP contribution in [0.15, 0.2) is 24.3 Å². The van der Waals surface area contributed by atoms with Gasteiger partial charge in [-0.2, -0.15) is 0 Å². The molecule has 0 aromatic heterocycles. The summed E-state index contributed by atoms with van der Waals surface area (Å²) in [4.78, 5) is 12.9. The molecule has 1 saturated heterocycles. The van der Waals surface area contributed by atoms with Crippen molar-refractivity contribution in [2.75, 3.05) is 18.8 Å². The molecule has 168 valence electrons. The Balaban J connectivity index is 1.61. The molecule has 0 radical (unpaired) electrons. The third-order valence-electron chi connectivity index (χ3n) is 6.92. The van der Waals surface area contributed by atoms with Crippen LogP contribution in [0.5, 0.6) is 0 Å². The summed E-state index contributed by atoms with van der Waals surface area (Å²) in [5.41, 5.74) is 2.58. The van der Waals surface area contributed by atoms with Gasteiger partial charge in [-0.05, 0) is 55.6 Å². The normalized spacial score (nSPS) is 20.9. The van der Waals surface area contributed by atoms with E-state index in [1.165, 1.54) is 42.0 Å². The first-order valence-electron chi connectivity index (χ1n) is 11.7. The van der Waals surface area contributed by atoms with Gasteiger partial charge in [0.1, 0.15) is 0 Å². The van der Waals surface area contributed by atoms with Gasteiger partial charge in [-0.25, -0.2) is 12.7 Å². The molecule has 1 aromatic carbocycles. The Kier molecular flexibility index (Phi) is 7.97. The van der Waals surface area contributed by atoms with Gasteiger partial charge in [0.2, 0.25) is 15.9 Å². The van der Waals surface area contributed by atoms with Crippen LogP contribution in [0.2, 0.25) is 0 Å². The lowest BCUT2D eigenvalue weighted by Crippen LogP contribution is -2.44. The van der Waals surface area contributed by atoms with E-state index in [-0.39, 0.29) is 29.5 Å². The van der Waals surface area contributed by atoms with Crippen molar-refractivity contribution in [1.29, 1.82) is 0 Å². The van der Waals surface area contributed by atoms with Crippen LogP contribution in [0.1, 0.15) is 88.8 Å². The maximum absolute atomic E-state index is 12.9. The van der Waals surface area contributed by atoms with Crippen molar-refractivity contribution >= 4 is 15.9 Å². The Labute approximate surface area is 182 Å². The second-order valence-corrected chi connectivity index (χ2v) is 11.6. The first-order valence-corrected chi connectivity index (χ1v) is 13.3. The second-order valence-electron chi connectivity index (χ2n) is 9.31. The zero-order chi connectivity index (χ0) is 21.7. The molecule has 1 amide bonds. The van der Waals surface area contributed by atoms with Crippen LogP contribution in [0.25, 0.3) is 0 Å². The Morgan fingerprint density at radius 3 is 2.17 bits per heavy atom. The molecule has 1 aromatic rings. The van der Waals surface area contributed by atoms with Gasteiger partial charge in [0, 0.05) is 19.0 Å². The van der Waals surface area contributed by atoms with E-state index in [1.54, 1.807) is 6.92 Å². The van der Waals surface area contributed by atoms with Crippen LogP contribution >= 0.6 is 0 Å². The molecule has 6 heteroatoms. The number of nitrogens with zero attached hydrogens (tertiary/aromatic N) is 1. The summed E-state index contributed by atoms with van der Waals surface area (Å²) in [6, 6.07) is 8.86. The fourth-order valence-electron chi connectivity index (χ4n) is 4.90. The van der Waals surface area contributed by atoms with Gasteiger partial charge < -0.3 is 5.32 Å². The van der Waals surface area contributed by atoms with Gasteiger partial charge in [-0.1, -0.05) is 57.4 Å². The molecule has 1 unspecified atom stereocenters. The quantitative estimate of drug-likeness (QED) is 0.681. The summed E-state index contributed by atoms with van der Waals surface area (Å²) in [6.07, 6.45) is 7.78. The number of carbonyl (C=O) groups excluding carboxylic acids is 1. The summed E-state index contributed by atoms with van der Waals surface area (Å²) in [5, 5.41) is 3.26. The van der Waals surface area contributed by atoms with E-state index in [1.807, 2.05) is 0 Å². The second kappa shape index (κ2) is 10.3. The summed E-state index contributed by atoms with van der Waals surface area (Å²) in [5.74, 6) is 1.03. The van der Waals surface area contributed by atoms with Gasteiger partial charge >= 0.3 is 0 Å². The van der Waals surface area contributed by atoms with Crippen molar-refractivity contribution in [2.24, 2.45) is 11.8 Å². The smallest absolute Gasteiger partial charge is 0.223 e. The molecule has 5 nitrogen and oxygen atoms in total. The Bertz CT molecular complexity index is 790. The Morgan fingerprint density at radius 2 is 1.63 bits per heavy atom. The number of piperidine rings is 1. The zero-order valence-corrected chi connectivity index (χ0v) is 19.6. The monoisotopic (exact) mass is 434 g/mol. The average molecular weight is 435 g/mol. The van der Waals surface area contributed by atoms with E-state index in [2.05, 4.69) is 43.4 Å². The van der Waals surface area contributed by atoms with E-state index in [0.717, 1.165) is 5.56 Å². The van der Waals surface area contributed by atoms with Crippen LogP contribution < -0.4 is 5.32 Å². The fraction of sp³-hybridized carbons (Fsp3) is 0.708. The lowest BCUT2D eigenvalue weighted by Gasteiger charge is -2.32. The van der Waals surface area contributed by atoms with Crippen molar-refractivity contribution in [3.05, 3.63) is 35.4 Å². The van der Waals surface area contributed by atoms with Crippen molar-refractivity contribution in [1.82, 2.24) is 9.62 Å². The lowest BCUT2D eigenvalue weighted by molar-refractivity contribution is -0.127. The minimum atomic E-state index is -3.16. The van der Waals surface area contributed by atoms with Crippen molar-refractivity contribution in [2.45, 2.75) is 77.7 Å². The highest BCUT2D eigenvalue weighted by atomic mass is 32.2. The average Bonchev–Trinajstić information content (AvgIpc) is 2.78. The van der Waals surface area contributed by atoms with E-state index in [0.29, 0.717) is 31.8 Å². The molecule has 1 aliphatic heterocycles. The fourth-order valence-corrected chi connectivity index (χ4v) is 6.03. The molecule has 1 aliphatic carbocycles. The van der Waals surface area contributed by atoms with Crippen LogP contribution in [0, 0.1) is 11.8 Å². The number of hydrogen-bond acceptors (Lipinski definition) is 3. The van der Waals surface area contributed by atoms with Crippen molar-refractivity contribution in [3.8, 4) is 0 Å². The van der Waals surface area contributed by atoms with Crippen LogP contribution in [-0.4, -0.2) is 37.5 Å². The van der Waals surface area contributed by atoms with Gasteiger partial charge in [-0.15, -0.1) is 0 Å². The molecular weight excluding hydrogens is 396 g/mol. The molecule has 30 heavy (non-hydrogen) atoms. The summed E-state index contributed by atoms with van der Waals surface area (Å²) < 4.78 is 25.6. The minimum Gasteiger partial charge on any atom is -0.349 e. The molecule has 1 saturated carbocycles. The number of benzene rings is 1. The number of hydrogen-bond donors (Lipinski definition) is 1. The van der Waals surface area contributed by atoms with Crippen molar-refractivity contribution in [3.63, 3.8) is 0 Å². The van der Waals surface area contributed by atoms with Crippen LogP contribution in [0.3, 0.4) is 0 Å². The van der Waals surface area contributed by atoms with E-state index in [4.69, 9.17) is 0 Å². The number of rotatable bonds is 7. The topological polar surface area (TPSA) is 66.5 Å². The van der Waals surface area contributed by atoms with Crippen molar-refractivity contribution < 1.29 is 13.2 Å². The number of carbonyl (C=O) groups is 1. The third-order valence-corrected chi connectivity index (χ3v) is 8.80. The Morgan fingerprint density at radius 1 is 1.03 bits per heavy atom. The number of amides is 1. The molecule has 2 fully saturated rings.